The lowest BCUT2D eigenvalue weighted by Crippen LogP contribution is -2.17. The number of aromatic hydroxyl groups is 2. The lowest BCUT2D eigenvalue weighted by atomic mass is 10.2. The predicted octanol–water partition coefficient (Wildman–Crippen LogP) is 1.78. The Morgan fingerprint density at radius 2 is 2.04 bits per heavy atom. The van der Waals surface area contributed by atoms with Crippen molar-refractivity contribution in [1.82, 2.24) is 5.43 Å². The SMILES string of the molecule is COc1ccc(/C=N/NC(=O)c2ccc(O)cc2O)cc1[N+](=O)[O-]. The molecule has 0 atom stereocenters. The number of phenols is 2. The number of hydrazone groups is 1. The minimum atomic E-state index is -0.702. The number of carbonyl (C=O) groups is 1. The van der Waals surface area contributed by atoms with Crippen LogP contribution in [0.2, 0.25) is 0 Å². The number of carbonyl (C=O) groups excluding carboxylic acids is 1. The van der Waals surface area contributed by atoms with E-state index in [-0.39, 0.29) is 22.7 Å². The number of nitro benzene ring substituents is 1. The van der Waals surface area contributed by atoms with Crippen molar-refractivity contribution in [2.45, 2.75) is 0 Å². The molecule has 0 aromatic heterocycles. The fraction of sp³-hybridized carbons (Fsp3) is 0.0667. The number of amides is 1. The number of nitro groups is 1. The molecule has 9 heteroatoms. The van der Waals surface area contributed by atoms with E-state index < -0.39 is 16.6 Å². The Morgan fingerprint density at radius 1 is 1.29 bits per heavy atom. The molecule has 0 radical (unpaired) electrons. The van der Waals surface area contributed by atoms with Crippen LogP contribution in [0.15, 0.2) is 41.5 Å². The highest BCUT2D eigenvalue weighted by Crippen LogP contribution is 2.27. The predicted molar refractivity (Wildman–Crippen MR) is 84.5 cm³/mol. The van der Waals surface area contributed by atoms with Crippen LogP contribution in [-0.4, -0.2) is 34.4 Å². The van der Waals surface area contributed by atoms with Gasteiger partial charge in [-0.1, -0.05) is 0 Å². The highest BCUT2D eigenvalue weighted by Gasteiger charge is 2.14. The van der Waals surface area contributed by atoms with Gasteiger partial charge in [0.05, 0.1) is 23.8 Å². The summed E-state index contributed by atoms with van der Waals surface area (Å²) in [5.74, 6) is -1.18. The molecule has 0 unspecified atom stereocenters. The van der Waals surface area contributed by atoms with Gasteiger partial charge in [0.15, 0.2) is 5.75 Å². The first-order chi connectivity index (χ1) is 11.4. The number of rotatable bonds is 5. The molecular formula is C15H13N3O6. The molecule has 2 aromatic rings. The third-order valence-electron chi connectivity index (χ3n) is 3.01. The van der Waals surface area contributed by atoms with Crippen LogP contribution in [0.5, 0.6) is 17.2 Å². The monoisotopic (exact) mass is 331 g/mol. The van der Waals surface area contributed by atoms with Crippen molar-refractivity contribution in [3.05, 3.63) is 57.6 Å². The standard InChI is InChI=1S/C15H13N3O6/c1-24-14-5-2-9(6-12(14)18(22)23)8-16-17-15(21)11-4-3-10(19)7-13(11)20/h2-8,19-20H,1H3,(H,17,21)/b16-8+. The zero-order valence-electron chi connectivity index (χ0n) is 12.5. The Labute approximate surface area is 136 Å². The van der Waals surface area contributed by atoms with Crippen molar-refractivity contribution in [1.29, 1.82) is 0 Å². The number of ether oxygens (including phenoxy) is 1. The quantitative estimate of drug-likeness (QED) is 0.434. The number of hydrogen-bond acceptors (Lipinski definition) is 7. The number of phenolic OH excluding ortho intramolecular Hbond substituents is 2. The van der Waals surface area contributed by atoms with Gasteiger partial charge >= 0.3 is 5.69 Å². The molecule has 0 saturated heterocycles. The van der Waals surface area contributed by atoms with Crippen molar-refractivity contribution in [3.8, 4) is 17.2 Å². The third-order valence-corrected chi connectivity index (χ3v) is 3.01. The molecule has 0 aliphatic heterocycles. The summed E-state index contributed by atoms with van der Waals surface area (Å²) in [6.45, 7) is 0. The lowest BCUT2D eigenvalue weighted by Gasteiger charge is -2.04. The Kier molecular flexibility index (Phi) is 4.95. The van der Waals surface area contributed by atoms with Crippen molar-refractivity contribution >= 4 is 17.8 Å². The van der Waals surface area contributed by atoms with Gasteiger partial charge in [-0.15, -0.1) is 0 Å². The van der Waals surface area contributed by atoms with Crippen molar-refractivity contribution in [3.63, 3.8) is 0 Å². The number of nitrogens with zero attached hydrogens (tertiary/aromatic N) is 2. The molecule has 2 rings (SSSR count). The zero-order chi connectivity index (χ0) is 17.7. The van der Waals surface area contributed by atoms with Gasteiger partial charge in [0, 0.05) is 17.7 Å². The van der Waals surface area contributed by atoms with Crippen LogP contribution in [0.3, 0.4) is 0 Å². The first kappa shape index (κ1) is 16.7. The van der Waals surface area contributed by atoms with Gasteiger partial charge in [0.25, 0.3) is 5.91 Å². The maximum Gasteiger partial charge on any atom is 0.311 e. The summed E-state index contributed by atoms with van der Waals surface area (Å²) in [5.41, 5.74) is 2.24. The van der Waals surface area contributed by atoms with Crippen molar-refractivity contribution in [2.75, 3.05) is 7.11 Å². The average molecular weight is 331 g/mol. The molecular weight excluding hydrogens is 318 g/mol. The van der Waals surface area contributed by atoms with E-state index in [4.69, 9.17) is 4.74 Å². The van der Waals surface area contributed by atoms with Gasteiger partial charge in [-0.2, -0.15) is 5.10 Å². The molecule has 0 aliphatic carbocycles. The maximum absolute atomic E-state index is 11.8. The van der Waals surface area contributed by atoms with Gasteiger partial charge in [0.2, 0.25) is 0 Å². The van der Waals surface area contributed by atoms with E-state index in [2.05, 4.69) is 10.5 Å². The highest BCUT2D eigenvalue weighted by atomic mass is 16.6. The number of benzene rings is 2. The summed E-state index contributed by atoms with van der Waals surface area (Å²) < 4.78 is 4.88. The second kappa shape index (κ2) is 7.09. The number of nitrogens with one attached hydrogen (secondary N) is 1. The van der Waals surface area contributed by atoms with Crippen molar-refractivity contribution < 1.29 is 24.7 Å². The van der Waals surface area contributed by atoms with Crippen LogP contribution in [-0.2, 0) is 0 Å². The zero-order valence-corrected chi connectivity index (χ0v) is 12.5. The van der Waals surface area contributed by atoms with Gasteiger partial charge in [-0.05, 0) is 24.3 Å². The summed E-state index contributed by atoms with van der Waals surface area (Å²) in [6.07, 6.45) is 1.21. The van der Waals surface area contributed by atoms with Crippen LogP contribution >= 0.6 is 0 Å². The van der Waals surface area contributed by atoms with Crippen LogP contribution in [0.4, 0.5) is 5.69 Å². The first-order valence-electron chi connectivity index (χ1n) is 6.60. The number of methoxy groups -OCH3 is 1. The summed E-state index contributed by atoms with van der Waals surface area (Å²) in [6, 6.07) is 7.67. The molecule has 0 spiro atoms. The smallest absolute Gasteiger partial charge is 0.311 e. The van der Waals surface area contributed by atoms with Crippen LogP contribution < -0.4 is 10.2 Å². The fourth-order valence-corrected chi connectivity index (χ4v) is 1.87. The lowest BCUT2D eigenvalue weighted by molar-refractivity contribution is -0.385. The van der Waals surface area contributed by atoms with E-state index in [0.29, 0.717) is 5.56 Å². The molecule has 24 heavy (non-hydrogen) atoms. The summed E-state index contributed by atoms with van der Waals surface area (Å²) in [4.78, 5) is 22.2. The van der Waals surface area contributed by atoms with Crippen LogP contribution in [0.1, 0.15) is 15.9 Å². The molecule has 1 amide bonds. The largest absolute Gasteiger partial charge is 0.508 e. The normalized spacial score (nSPS) is 10.5. The van der Waals surface area contributed by atoms with Gasteiger partial charge in [0.1, 0.15) is 11.5 Å². The Hall–Kier alpha value is -3.62. The molecule has 0 fully saturated rings. The molecule has 0 heterocycles. The second-order valence-electron chi connectivity index (χ2n) is 4.59. The summed E-state index contributed by atoms with van der Waals surface area (Å²) in [7, 11) is 1.32. The molecule has 124 valence electrons. The highest BCUT2D eigenvalue weighted by molar-refractivity contribution is 5.97. The molecule has 3 N–H and O–H groups in total. The molecule has 0 aliphatic rings. The summed E-state index contributed by atoms with van der Waals surface area (Å²) >= 11 is 0. The van der Waals surface area contributed by atoms with Crippen molar-refractivity contribution in [2.24, 2.45) is 5.10 Å². The Morgan fingerprint density at radius 3 is 2.67 bits per heavy atom. The van der Waals surface area contributed by atoms with Gasteiger partial charge in [-0.3, -0.25) is 14.9 Å². The van der Waals surface area contributed by atoms with Gasteiger partial charge in [-0.25, -0.2) is 5.43 Å². The van der Waals surface area contributed by atoms with E-state index >= 15 is 0 Å². The number of hydrogen-bond donors (Lipinski definition) is 3. The minimum absolute atomic E-state index is 0.0781. The fourth-order valence-electron chi connectivity index (χ4n) is 1.87. The van der Waals surface area contributed by atoms with Crippen LogP contribution in [0, 0.1) is 10.1 Å². The van der Waals surface area contributed by atoms with E-state index in [9.17, 15) is 25.1 Å². The Balaban J connectivity index is 2.12. The van der Waals surface area contributed by atoms with E-state index in [1.807, 2.05) is 0 Å². The topological polar surface area (TPSA) is 134 Å². The second-order valence-corrected chi connectivity index (χ2v) is 4.59. The van der Waals surface area contributed by atoms with E-state index in [1.165, 1.54) is 43.7 Å². The van der Waals surface area contributed by atoms with E-state index in [0.717, 1.165) is 6.07 Å². The van der Waals surface area contributed by atoms with E-state index in [1.54, 1.807) is 0 Å². The average Bonchev–Trinajstić information content (AvgIpc) is 2.54. The molecule has 9 nitrogen and oxygen atoms in total. The van der Waals surface area contributed by atoms with Gasteiger partial charge < -0.3 is 14.9 Å². The maximum atomic E-state index is 11.8. The minimum Gasteiger partial charge on any atom is -0.508 e. The molecule has 0 saturated carbocycles. The van der Waals surface area contributed by atoms with Crippen LogP contribution in [0.25, 0.3) is 0 Å². The molecule has 2 aromatic carbocycles. The summed E-state index contributed by atoms with van der Waals surface area (Å²) in [5, 5.41) is 33.3. The Bertz CT molecular complexity index is 819. The third kappa shape index (κ3) is 3.77. The molecule has 0 bridgehead atoms. The first-order valence-corrected chi connectivity index (χ1v) is 6.60.